The Kier molecular flexibility index (Phi) is 3.19. The van der Waals surface area contributed by atoms with Gasteiger partial charge in [-0.15, -0.1) is 0 Å². The van der Waals surface area contributed by atoms with Gasteiger partial charge in [0.25, 0.3) is 0 Å². The second-order valence-electron chi connectivity index (χ2n) is 4.95. The molecule has 1 aromatic rings. The second kappa shape index (κ2) is 4.28. The summed E-state index contributed by atoms with van der Waals surface area (Å²) in [6.45, 7) is 0.108. The summed E-state index contributed by atoms with van der Waals surface area (Å²) in [6.07, 6.45) is 0.719. The van der Waals surface area contributed by atoms with Crippen LogP contribution in [0.4, 0.5) is 14.6 Å². The molecule has 0 radical (unpaired) electrons. The summed E-state index contributed by atoms with van der Waals surface area (Å²) in [5, 5.41) is 0.203. The van der Waals surface area contributed by atoms with Crippen molar-refractivity contribution in [2.45, 2.75) is 24.2 Å². The van der Waals surface area contributed by atoms with Crippen molar-refractivity contribution in [3.05, 3.63) is 17.0 Å². The average Bonchev–Trinajstić information content (AvgIpc) is 2.24. The van der Waals surface area contributed by atoms with Crippen LogP contribution in [-0.4, -0.2) is 36.5 Å². The van der Waals surface area contributed by atoms with E-state index in [0.717, 1.165) is 0 Å². The van der Waals surface area contributed by atoms with Crippen LogP contribution in [0, 0.1) is 0 Å². The lowest BCUT2D eigenvalue weighted by atomic mass is 9.62. The van der Waals surface area contributed by atoms with E-state index in [-0.39, 0.29) is 24.5 Å². The summed E-state index contributed by atoms with van der Waals surface area (Å²) in [6, 6.07) is 0. The molecule has 2 N–H and O–H groups in total. The Bertz CT molecular complexity index is 456. The highest BCUT2D eigenvalue weighted by Crippen LogP contribution is 2.55. The Morgan fingerprint density at radius 2 is 2.00 bits per heavy atom. The third kappa shape index (κ3) is 2.03. The van der Waals surface area contributed by atoms with Crippen molar-refractivity contribution in [2.75, 3.05) is 25.5 Å². The lowest BCUT2D eigenvalue weighted by Gasteiger charge is -2.47. The van der Waals surface area contributed by atoms with Crippen LogP contribution in [0.1, 0.15) is 18.4 Å². The minimum Gasteiger partial charge on any atom is -0.362 e. The minimum absolute atomic E-state index is 0.108. The molecule has 0 saturated heterocycles. The zero-order valence-corrected chi connectivity index (χ0v) is 11.0. The highest BCUT2D eigenvalue weighted by Gasteiger charge is 2.58. The second-order valence-corrected chi connectivity index (χ2v) is 5.31. The molecule has 1 aromatic heterocycles. The zero-order chi connectivity index (χ0) is 13.6. The molecule has 4 nitrogen and oxygen atoms in total. The number of aromatic nitrogens is 2. The maximum Gasteiger partial charge on any atom is 0.250 e. The SMILES string of the molecule is CN(C)c1ncnc(Cl)c1C1(CN)CC(F)(F)C1. The summed E-state index contributed by atoms with van der Waals surface area (Å²) in [5.74, 6) is -2.13. The van der Waals surface area contributed by atoms with Gasteiger partial charge in [-0.05, 0) is 0 Å². The Morgan fingerprint density at radius 1 is 1.39 bits per heavy atom. The van der Waals surface area contributed by atoms with E-state index >= 15 is 0 Å². The third-order valence-electron chi connectivity index (χ3n) is 3.32. The molecule has 100 valence electrons. The van der Waals surface area contributed by atoms with E-state index in [1.165, 1.54) is 6.33 Å². The molecule has 1 aliphatic carbocycles. The van der Waals surface area contributed by atoms with Crippen LogP contribution in [-0.2, 0) is 5.41 Å². The molecule has 1 heterocycles. The smallest absolute Gasteiger partial charge is 0.250 e. The van der Waals surface area contributed by atoms with Crippen LogP contribution < -0.4 is 10.6 Å². The van der Waals surface area contributed by atoms with Crippen LogP contribution in [0.25, 0.3) is 0 Å². The largest absolute Gasteiger partial charge is 0.362 e. The predicted molar refractivity (Wildman–Crippen MR) is 66.3 cm³/mol. The molecule has 0 aromatic carbocycles. The molecule has 1 saturated carbocycles. The average molecular weight is 277 g/mol. The standard InChI is InChI=1S/C11H15ClF2N4/c1-18(2)9-7(8(12)16-6-17-9)10(5-15)3-11(13,14)4-10/h6H,3-5,15H2,1-2H3. The van der Waals surface area contributed by atoms with Crippen molar-refractivity contribution >= 4 is 17.4 Å². The molecule has 2 rings (SSSR count). The van der Waals surface area contributed by atoms with Gasteiger partial charge in [-0.2, -0.15) is 0 Å². The highest BCUT2D eigenvalue weighted by atomic mass is 35.5. The molecule has 0 spiro atoms. The first-order valence-electron chi connectivity index (χ1n) is 5.57. The number of anilines is 1. The molecule has 0 atom stereocenters. The number of alkyl halides is 2. The number of rotatable bonds is 3. The minimum atomic E-state index is -2.68. The van der Waals surface area contributed by atoms with Crippen molar-refractivity contribution < 1.29 is 8.78 Å². The normalized spacial score (nSPS) is 20.3. The van der Waals surface area contributed by atoms with Gasteiger partial charge in [-0.1, -0.05) is 11.6 Å². The Morgan fingerprint density at radius 3 is 2.44 bits per heavy atom. The van der Waals surface area contributed by atoms with Gasteiger partial charge in [0.05, 0.1) is 0 Å². The maximum absolute atomic E-state index is 13.2. The highest BCUT2D eigenvalue weighted by molar-refractivity contribution is 6.30. The van der Waals surface area contributed by atoms with E-state index in [9.17, 15) is 8.78 Å². The number of nitrogens with two attached hydrogens (primary N) is 1. The Labute approximate surface area is 109 Å². The Hall–Kier alpha value is -1.01. The molecule has 1 aliphatic rings. The molecule has 18 heavy (non-hydrogen) atoms. The van der Waals surface area contributed by atoms with Gasteiger partial charge in [-0.25, -0.2) is 18.7 Å². The van der Waals surface area contributed by atoms with Crippen LogP contribution in [0.3, 0.4) is 0 Å². The van der Waals surface area contributed by atoms with Gasteiger partial charge in [0.15, 0.2) is 0 Å². The summed E-state index contributed by atoms with van der Waals surface area (Å²) < 4.78 is 26.4. The third-order valence-corrected chi connectivity index (χ3v) is 3.61. The van der Waals surface area contributed by atoms with Crippen molar-refractivity contribution in [3.8, 4) is 0 Å². The van der Waals surface area contributed by atoms with E-state index in [2.05, 4.69) is 9.97 Å². The first-order chi connectivity index (χ1) is 8.31. The number of hydrogen-bond acceptors (Lipinski definition) is 4. The van der Waals surface area contributed by atoms with Crippen molar-refractivity contribution in [1.29, 1.82) is 0 Å². The lowest BCUT2D eigenvalue weighted by molar-refractivity contribution is -0.123. The number of hydrogen-bond donors (Lipinski definition) is 1. The van der Waals surface area contributed by atoms with E-state index in [4.69, 9.17) is 17.3 Å². The summed E-state index contributed by atoms with van der Waals surface area (Å²) in [4.78, 5) is 9.74. The number of nitrogens with zero attached hydrogens (tertiary/aromatic N) is 3. The van der Waals surface area contributed by atoms with Gasteiger partial charge in [0.2, 0.25) is 5.92 Å². The molecule has 0 aliphatic heterocycles. The molecule has 0 amide bonds. The topological polar surface area (TPSA) is 55.0 Å². The summed E-state index contributed by atoms with van der Waals surface area (Å²) in [7, 11) is 3.56. The van der Waals surface area contributed by atoms with Crippen molar-refractivity contribution in [3.63, 3.8) is 0 Å². The first-order valence-corrected chi connectivity index (χ1v) is 5.95. The van der Waals surface area contributed by atoms with E-state index in [0.29, 0.717) is 11.4 Å². The summed E-state index contributed by atoms with van der Waals surface area (Å²) >= 11 is 6.06. The van der Waals surface area contributed by atoms with E-state index in [1.807, 2.05) is 0 Å². The monoisotopic (exact) mass is 276 g/mol. The van der Waals surface area contributed by atoms with Gasteiger partial charge in [0.1, 0.15) is 17.3 Å². The van der Waals surface area contributed by atoms with Crippen LogP contribution in [0.15, 0.2) is 6.33 Å². The zero-order valence-electron chi connectivity index (χ0n) is 10.3. The van der Waals surface area contributed by atoms with Crippen LogP contribution in [0.2, 0.25) is 5.15 Å². The summed E-state index contributed by atoms with van der Waals surface area (Å²) in [5.41, 5.74) is 5.41. The van der Waals surface area contributed by atoms with Crippen LogP contribution >= 0.6 is 11.6 Å². The molecule has 7 heteroatoms. The predicted octanol–water partition coefficient (Wildman–Crippen LogP) is 1.82. The fraction of sp³-hybridized carbons (Fsp3) is 0.636. The first kappa shape index (κ1) is 13.4. The maximum atomic E-state index is 13.2. The number of halogens is 3. The fourth-order valence-corrected chi connectivity index (χ4v) is 2.84. The van der Waals surface area contributed by atoms with E-state index in [1.54, 1.807) is 19.0 Å². The van der Waals surface area contributed by atoms with Crippen LogP contribution in [0.5, 0.6) is 0 Å². The molecular weight excluding hydrogens is 262 g/mol. The quantitative estimate of drug-likeness (QED) is 0.856. The van der Waals surface area contributed by atoms with Gasteiger partial charge in [-0.3, -0.25) is 0 Å². The molecule has 0 unspecified atom stereocenters. The van der Waals surface area contributed by atoms with Crippen molar-refractivity contribution in [2.24, 2.45) is 5.73 Å². The molecule has 0 bridgehead atoms. The Balaban J connectivity index is 2.50. The van der Waals surface area contributed by atoms with Gasteiger partial charge >= 0.3 is 0 Å². The van der Waals surface area contributed by atoms with Crippen molar-refractivity contribution in [1.82, 2.24) is 9.97 Å². The fourth-order valence-electron chi connectivity index (χ4n) is 2.51. The lowest BCUT2D eigenvalue weighted by Crippen LogP contribution is -2.54. The van der Waals surface area contributed by atoms with E-state index < -0.39 is 11.3 Å². The van der Waals surface area contributed by atoms with Gasteiger partial charge < -0.3 is 10.6 Å². The molecular formula is C11H15ClF2N4. The molecule has 1 fully saturated rings. The van der Waals surface area contributed by atoms with Gasteiger partial charge in [0, 0.05) is 44.5 Å².